The topological polar surface area (TPSA) is 364 Å². The fraction of sp³-hybridized carbons (Fsp3) is 0.641. The van der Waals surface area contributed by atoms with Crippen molar-refractivity contribution in [1.82, 2.24) is 30.2 Å². The Morgan fingerprint density at radius 1 is 0.910 bits per heavy atom. The van der Waals surface area contributed by atoms with Gasteiger partial charge in [0.15, 0.2) is 22.8 Å². The lowest BCUT2D eigenvalue weighted by atomic mass is 9.87. The third-order valence-corrected chi connectivity index (χ3v) is 13.8. The predicted molar refractivity (Wildman–Crippen MR) is 246 cm³/mol. The number of rotatable bonds is 32. The molecule has 3 heterocycles. The zero-order valence-corrected chi connectivity index (χ0v) is 41.1. The number of phosphoric acid groups is 3. The first-order valence-corrected chi connectivity index (χ1v) is 27.1. The Balaban J connectivity index is 1.31. The van der Waals surface area contributed by atoms with E-state index in [1.165, 1.54) is 13.8 Å². The van der Waals surface area contributed by atoms with Gasteiger partial charge in [-0.3, -0.25) is 32.5 Å². The number of hydrogen-bond donors (Lipinski definition) is 9. The van der Waals surface area contributed by atoms with Crippen molar-refractivity contribution < 1.29 is 80.5 Å². The van der Waals surface area contributed by atoms with E-state index < -0.39 is 84.6 Å². The van der Waals surface area contributed by atoms with Crippen molar-refractivity contribution in [2.45, 2.75) is 122 Å². The first-order chi connectivity index (χ1) is 31.6. The number of amides is 2. The Morgan fingerprint density at radius 3 is 2.27 bits per heavy atom. The fourth-order valence-corrected chi connectivity index (χ4v) is 9.81. The fourth-order valence-electron chi connectivity index (χ4n) is 6.26. The molecule has 67 heavy (non-hydrogen) atoms. The summed E-state index contributed by atoms with van der Waals surface area (Å²) in [6.07, 6.45) is 15.7. The molecule has 0 radical (unpaired) electrons. The average molecular weight is 1030 g/mol. The van der Waals surface area contributed by atoms with Gasteiger partial charge in [0.1, 0.15) is 36.3 Å². The number of aliphatic hydroxyl groups excluding tert-OH is 2. The van der Waals surface area contributed by atoms with Gasteiger partial charge in [-0.15, -0.1) is 0 Å². The van der Waals surface area contributed by atoms with Crippen LogP contribution in [0.15, 0.2) is 49.1 Å². The summed E-state index contributed by atoms with van der Waals surface area (Å²) in [5.41, 5.74) is 4.28. The van der Waals surface area contributed by atoms with Crippen LogP contribution in [0.5, 0.6) is 0 Å². The molecule has 2 amide bonds. The van der Waals surface area contributed by atoms with Gasteiger partial charge < -0.3 is 50.9 Å². The van der Waals surface area contributed by atoms with Gasteiger partial charge >= 0.3 is 23.5 Å². The third kappa shape index (κ3) is 21.5. The maximum absolute atomic E-state index is 12.7. The number of carbonyl (C=O) groups is 3. The minimum Gasteiger partial charge on any atom is -0.386 e. The number of nitrogens with one attached hydrogen (secondary N) is 2. The van der Waals surface area contributed by atoms with Gasteiger partial charge in [0.25, 0.3) is 0 Å². The number of carbonyl (C=O) groups excluding carboxylic acids is 3. The highest BCUT2D eigenvalue weighted by molar-refractivity contribution is 8.13. The number of ether oxygens (including phenoxy) is 1. The van der Waals surface area contributed by atoms with E-state index in [1.54, 1.807) is 0 Å². The SMILES string of the molecule is CC/C=C\C/C=C\C/C=C\CCCCCCCC(=O)SCCNC(=O)CCNC(=O)C(O)C(C)(C)COP(=O)(O)OP(=O)(O)OC[C@H]1O[C@@H](n2cnc3c(N)ncnc32)[C@H](O)[C@@H]1OP(=O)(O)O. The smallest absolute Gasteiger partial charge is 0.386 e. The second kappa shape index (κ2) is 28.4. The first-order valence-electron chi connectivity index (χ1n) is 21.6. The van der Waals surface area contributed by atoms with Crippen LogP contribution in [0.2, 0.25) is 0 Å². The Morgan fingerprint density at radius 2 is 1.57 bits per heavy atom. The van der Waals surface area contributed by atoms with E-state index in [4.69, 9.17) is 19.5 Å². The highest BCUT2D eigenvalue weighted by Gasteiger charge is 2.50. The summed E-state index contributed by atoms with van der Waals surface area (Å²) in [7, 11) is -16.4. The number of phosphoric ester groups is 3. The van der Waals surface area contributed by atoms with Crippen molar-refractivity contribution in [3.8, 4) is 0 Å². The summed E-state index contributed by atoms with van der Waals surface area (Å²) in [4.78, 5) is 88.3. The largest absolute Gasteiger partial charge is 0.481 e. The summed E-state index contributed by atoms with van der Waals surface area (Å²) in [6.45, 7) is 2.66. The van der Waals surface area contributed by atoms with Gasteiger partial charge in [-0.2, -0.15) is 4.31 Å². The molecule has 1 fully saturated rings. The van der Waals surface area contributed by atoms with Gasteiger partial charge in [0, 0.05) is 37.1 Å². The van der Waals surface area contributed by atoms with Crippen LogP contribution in [0.1, 0.15) is 97.6 Å². The van der Waals surface area contributed by atoms with E-state index >= 15 is 0 Å². The Labute approximate surface area is 393 Å². The number of anilines is 1. The monoisotopic (exact) mass is 1030 g/mol. The van der Waals surface area contributed by atoms with Gasteiger partial charge in [-0.1, -0.05) is 88.3 Å². The molecule has 0 aliphatic carbocycles. The maximum atomic E-state index is 12.7. The van der Waals surface area contributed by atoms with Crippen LogP contribution >= 0.6 is 35.2 Å². The number of nitrogens with two attached hydrogens (primary N) is 1. The summed E-state index contributed by atoms with van der Waals surface area (Å²) in [5, 5.41) is 26.6. The molecule has 0 bridgehead atoms. The lowest BCUT2D eigenvalue weighted by Gasteiger charge is -2.30. The first kappa shape index (κ1) is 58.1. The summed E-state index contributed by atoms with van der Waals surface area (Å²) >= 11 is 1.14. The zero-order valence-electron chi connectivity index (χ0n) is 37.6. The predicted octanol–water partition coefficient (Wildman–Crippen LogP) is 4.25. The maximum Gasteiger partial charge on any atom is 0.481 e. The second-order valence-corrected chi connectivity index (χ2v) is 21.3. The van der Waals surface area contributed by atoms with Crippen molar-refractivity contribution >= 4 is 69.1 Å². The number of nitrogens with zero attached hydrogens (tertiary/aromatic N) is 4. The van der Waals surface area contributed by atoms with Crippen molar-refractivity contribution in [3.63, 3.8) is 0 Å². The van der Waals surface area contributed by atoms with E-state index in [9.17, 15) is 57.9 Å². The molecule has 28 heteroatoms. The number of imidazole rings is 1. The molecule has 24 nitrogen and oxygen atoms in total. The molecule has 1 saturated heterocycles. The number of allylic oxidation sites excluding steroid dienone is 6. The van der Waals surface area contributed by atoms with Crippen LogP contribution < -0.4 is 16.4 Å². The molecular weight excluding hydrogens is 963 g/mol. The molecule has 3 unspecified atom stereocenters. The van der Waals surface area contributed by atoms with E-state index in [0.29, 0.717) is 12.2 Å². The quantitative estimate of drug-likeness (QED) is 0.0281. The third-order valence-electron chi connectivity index (χ3n) is 9.80. The van der Waals surface area contributed by atoms with E-state index in [-0.39, 0.29) is 41.6 Å². The lowest BCUT2D eigenvalue weighted by molar-refractivity contribution is -0.137. The number of hydrogen-bond acceptors (Lipinski definition) is 18. The van der Waals surface area contributed by atoms with Crippen molar-refractivity contribution in [2.75, 3.05) is 37.8 Å². The minimum atomic E-state index is -5.58. The molecule has 0 saturated carbocycles. The van der Waals surface area contributed by atoms with Crippen LogP contribution in [-0.2, 0) is 50.7 Å². The highest BCUT2D eigenvalue weighted by Crippen LogP contribution is 2.61. The van der Waals surface area contributed by atoms with Crippen molar-refractivity contribution in [3.05, 3.63) is 49.1 Å². The van der Waals surface area contributed by atoms with Gasteiger partial charge in [-0.05, 0) is 38.5 Å². The molecule has 0 spiro atoms. The molecule has 10 N–H and O–H groups in total. The second-order valence-electron chi connectivity index (χ2n) is 15.9. The van der Waals surface area contributed by atoms with Crippen LogP contribution in [0, 0.1) is 5.41 Å². The summed E-state index contributed by atoms with van der Waals surface area (Å²) < 4.78 is 62.4. The number of aromatic nitrogens is 4. The van der Waals surface area contributed by atoms with E-state index in [2.05, 4.69) is 77.8 Å². The number of aliphatic hydroxyl groups is 2. The van der Waals surface area contributed by atoms with Crippen molar-refractivity contribution in [1.29, 1.82) is 0 Å². The Kier molecular flexibility index (Phi) is 24.7. The molecule has 378 valence electrons. The number of thioether (sulfide) groups is 1. The van der Waals surface area contributed by atoms with Crippen LogP contribution in [-0.4, -0.2) is 123 Å². The number of unbranched alkanes of at least 4 members (excludes halogenated alkanes) is 5. The van der Waals surface area contributed by atoms with Crippen LogP contribution in [0.25, 0.3) is 11.2 Å². The number of fused-ring (bicyclic) bond motifs is 1. The van der Waals surface area contributed by atoms with Crippen LogP contribution in [0.4, 0.5) is 5.82 Å². The molecule has 1 aliphatic rings. The van der Waals surface area contributed by atoms with E-state index in [1.807, 2.05) is 0 Å². The highest BCUT2D eigenvalue weighted by atomic mass is 32.2. The molecule has 3 rings (SSSR count). The van der Waals surface area contributed by atoms with Crippen molar-refractivity contribution in [2.24, 2.45) is 5.41 Å². The zero-order chi connectivity index (χ0) is 49.7. The molecule has 0 aromatic carbocycles. The summed E-state index contributed by atoms with van der Waals surface area (Å²) in [5.74, 6) is -1.05. The molecule has 1 aliphatic heterocycles. The van der Waals surface area contributed by atoms with Gasteiger partial charge in [0.2, 0.25) is 11.8 Å². The standard InChI is InChI=1S/C39H64N7O17P3S/c1-4-5-6-7-8-9-10-11-12-13-14-15-16-17-18-19-30(48)67-23-22-41-29(47)20-21-42-37(51)34(50)39(2,3)25-60-66(57,58)63-65(55,56)59-24-28-33(62-64(52,53)54)32(49)38(61-28)46-27-45-31-35(40)43-26-44-36(31)46/h5-6,8-9,11-12,26-28,32-34,38,49-50H,4,7,10,13-25H2,1-3H3,(H,41,47)(H,42,51)(H,55,56)(H,57,58)(H2,40,43,44)(H2,52,53,54)/b6-5-,9-8-,12-11-/t28-,32-,33-,34?,38-/m1/s1. The molecule has 7 atom stereocenters. The number of nitrogen functional groups attached to an aromatic ring is 1. The minimum absolute atomic E-state index is 0.0316. The molecular formula is C39H64N7O17P3S. The molecule has 2 aromatic heterocycles. The van der Waals surface area contributed by atoms with Gasteiger partial charge in [-0.25, -0.2) is 28.6 Å². The normalized spacial score (nSPS) is 20.4. The molecule has 2 aromatic rings. The lowest BCUT2D eigenvalue weighted by Crippen LogP contribution is -2.46. The Hall–Kier alpha value is -3.22. The Bertz CT molecular complexity index is 2140. The summed E-state index contributed by atoms with van der Waals surface area (Å²) in [6, 6.07) is 0. The van der Waals surface area contributed by atoms with Crippen LogP contribution in [0.3, 0.4) is 0 Å². The van der Waals surface area contributed by atoms with E-state index in [0.717, 1.165) is 86.8 Å². The average Bonchev–Trinajstić information content (AvgIpc) is 3.81. The van der Waals surface area contributed by atoms with Gasteiger partial charge in [0.05, 0.1) is 19.5 Å².